The van der Waals surface area contributed by atoms with E-state index in [1.54, 1.807) is 25.3 Å². The van der Waals surface area contributed by atoms with Crippen molar-refractivity contribution in [3.8, 4) is 5.75 Å². The molecule has 0 saturated heterocycles. The van der Waals surface area contributed by atoms with Crippen molar-refractivity contribution in [1.29, 1.82) is 0 Å². The first kappa shape index (κ1) is 13.4. The highest BCUT2D eigenvalue weighted by Crippen LogP contribution is 2.21. The molecule has 0 heterocycles. The average molecular weight is 276 g/mol. The van der Waals surface area contributed by atoms with E-state index in [0.717, 1.165) is 11.3 Å². The van der Waals surface area contributed by atoms with Crippen molar-refractivity contribution in [2.45, 2.75) is 6.42 Å². The highest BCUT2D eigenvalue weighted by Gasteiger charge is 2.09. The van der Waals surface area contributed by atoms with Crippen LogP contribution < -0.4 is 10.5 Å². The molecule has 0 amide bonds. The number of anilines is 1. The summed E-state index contributed by atoms with van der Waals surface area (Å²) >= 11 is 5.83. The number of ether oxygens (including phenoxy) is 1. The number of rotatable bonds is 4. The lowest BCUT2D eigenvalue weighted by Crippen LogP contribution is -2.04. The van der Waals surface area contributed by atoms with Gasteiger partial charge in [0, 0.05) is 12.0 Å². The van der Waals surface area contributed by atoms with Crippen LogP contribution in [-0.4, -0.2) is 12.9 Å². The van der Waals surface area contributed by atoms with Gasteiger partial charge in [0.25, 0.3) is 0 Å². The molecule has 0 atom stereocenters. The van der Waals surface area contributed by atoms with E-state index >= 15 is 0 Å². The highest BCUT2D eigenvalue weighted by atomic mass is 35.5. The first-order valence-corrected chi connectivity index (χ1v) is 6.19. The van der Waals surface area contributed by atoms with Gasteiger partial charge >= 0.3 is 0 Å². The van der Waals surface area contributed by atoms with E-state index in [1.165, 1.54) is 0 Å². The number of Topliss-reactive ketones (excluding diaryl/α,β-unsaturated/α-hetero) is 1. The van der Waals surface area contributed by atoms with Crippen molar-refractivity contribution in [2.75, 3.05) is 12.8 Å². The number of carbonyl (C=O) groups excluding carboxylic acids is 1. The Balaban J connectivity index is 2.18. The van der Waals surface area contributed by atoms with E-state index < -0.39 is 0 Å². The van der Waals surface area contributed by atoms with Crippen LogP contribution in [0.2, 0.25) is 5.02 Å². The third-order valence-corrected chi connectivity index (χ3v) is 3.16. The van der Waals surface area contributed by atoms with Crippen LogP contribution in [-0.2, 0) is 6.42 Å². The Kier molecular flexibility index (Phi) is 4.07. The second-order valence-electron chi connectivity index (χ2n) is 4.19. The Morgan fingerprint density at radius 3 is 2.74 bits per heavy atom. The van der Waals surface area contributed by atoms with Gasteiger partial charge in [0.05, 0.1) is 17.8 Å². The minimum absolute atomic E-state index is 0.00313. The van der Waals surface area contributed by atoms with E-state index in [4.69, 9.17) is 22.1 Å². The van der Waals surface area contributed by atoms with Crippen LogP contribution in [0.15, 0.2) is 42.5 Å². The van der Waals surface area contributed by atoms with Gasteiger partial charge < -0.3 is 10.5 Å². The molecule has 2 rings (SSSR count). The summed E-state index contributed by atoms with van der Waals surface area (Å²) in [5.74, 6) is 0.734. The normalized spacial score (nSPS) is 10.2. The van der Waals surface area contributed by atoms with Gasteiger partial charge in [0.15, 0.2) is 5.78 Å². The monoisotopic (exact) mass is 275 g/mol. The predicted molar refractivity (Wildman–Crippen MR) is 76.9 cm³/mol. The largest absolute Gasteiger partial charge is 0.497 e. The number of hydrogen-bond acceptors (Lipinski definition) is 3. The maximum absolute atomic E-state index is 12.1. The summed E-state index contributed by atoms with van der Waals surface area (Å²) in [7, 11) is 1.60. The molecule has 0 aliphatic heterocycles. The van der Waals surface area contributed by atoms with E-state index in [1.807, 2.05) is 24.3 Å². The zero-order valence-electron chi connectivity index (χ0n) is 10.5. The number of nitrogens with two attached hydrogens (primary N) is 1. The second kappa shape index (κ2) is 5.76. The summed E-state index contributed by atoms with van der Waals surface area (Å²) in [6, 6.07) is 12.4. The molecule has 0 spiro atoms. The first-order valence-electron chi connectivity index (χ1n) is 5.81. The lowest BCUT2D eigenvalue weighted by Gasteiger charge is -2.05. The number of methoxy groups -OCH3 is 1. The van der Waals surface area contributed by atoms with E-state index in [-0.39, 0.29) is 5.78 Å². The smallest absolute Gasteiger partial charge is 0.167 e. The Labute approximate surface area is 117 Å². The van der Waals surface area contributed by atoms with E-state index in [0.29, 0.717) is 22.7 Å². The van der Waals surface area contributed by atoms with Crippen LogP contribution >= 0.6 is 11.6 Å². The molecule has 2 aromatic carbocycles. The number of carbonyl (C=O) groups is 1. The zero-order valence-corrected chi connectivity index (χ0v) is 11.3. The fraction of sp³-hybridized carbons (Fsp3) is 0.133. The van der Waals surface area contributed by atoms with E-state index in [9.17, 15) is 4.79 Å². The van der Waals surface area contributed by atoms with Gasteiger partial charge in [-0.1, -0.05) is 23.7 Å². The summed E-state index contributed by atoms with van der Waals surface area (Å²) in [5.41, 5.74) is 7.57. The Morgan fingerprint density at radius 1 is 1.26 bits per heavy atom. The first-order chi connectivity index (χ1) is 9.10. The van der Waals surface area contributed by atoms with Gasteiger partial charge in [-0.25, -0.2) is 0 Å². The molecule has 0 unspecified atom stereocenters. The van der Waals surface area contributed by atoms with Gasteiger partial charge in [-0.2, -0.15) is 0 Å². The van der Waals surface area contributed by atoms with Crippen LogP contribution in [0.4, 0.5) is 5.69 Å². The zero-order chi connectivity index (χ0) is 13.8. The molecular formula is C15H14ClNO2. The Morgan fingerprint density at radius 2 is 2.05 bits per heavy atom. The van der Waals surface area contributed by atoms with Crippen molar-refractivity contribution in [3.63, 3.8) is 0 Å². The number of ketones is 1. The summed E-state index contributed by atoms with van der Waals surface area (Å²) in [6.45, 7) is 0. The molecule has 2 N–H and O–H groups in total. The quantitative estimate of drug-likeness (QED) is 0.688. The number of hydrogen-bond donors (Lipinski definition) is 1. The fourth-order valence-corrected chi connectivity index (χ4v) is 1.90. The van der Waals surface area contributed by atoms with Crippen LogP contribution in [0, 0.1) is 0 Å². The fourth-order valence-electron chi connectivity index (χ4n) is 1.79. The van der Waals surface area contributed by atoms with Crippen LogP contribution in [0.5, 0.6) is 5.75 Å². The van der Waals surface area contributed by atoms with Gasteiger partial charge in [-0.3, -0.25) is 4.79 Å². The number of nitrogen functional groups attached to an aromatic ring is 1. The van der Waals surface area contributed by atoms with Crippen LogP contribution in [0.1, 0.15) is 15.9 Å². The average Bonchev–Trinajstić information content (AvgIpc) is 2.42. The summed E-state index contributed by atoms with van der Waals surface area (Å²) in [4.78, 5) is 12.1. The highest BCUT2D eigenvalue weighted by molar-refractivity contribution is 6.33. The SMILES string of the molecule is COc1cccc(CC(=O)c2ccc(Cl)c(N)c2)c1. The molecule has 4 heteroatoms. The predicted octanol–water partition coefficient (Wildman–Crippen LogP) is 3.36. The molecule has 0 aliphatic carbocycles. The lowest BCUT2D eigenvalue weighted by atomic mass is 10.0. The van der Waals surface area contributed by atoms with Crippen molar-refractivity contribution in [1.82, 2.24) is 0 Å². The lowest BCUT2D eigenvalue weighted by molar-refractivity contribution is 0.0993. The van der Waals surface area contributed by atoms with Gasteiger partial charge in [0.1, 0.15) is 5.75 Å². The molecule has 0 radical (unpaired) electrons. The minimum Gasteiger partial charge on any atom is -0.497 e. The van der Waals surface area contributed by atoms with Crippen molar-refractivity contribution in [3.05, 3.63) is 58.6 Å². The minimum atomic E-state index is -0.00313. The molecule has 0 bridgehead atoms. The summed E-state index contributed by atoms with van der Waals surface area (Å²) in [6.07, 6.45) is 0.304. The Hall–Kier alpha value is -2.00. The van der Waals surface area contributed by atoms with Gasteiger partial charge in [-0.05, 0) is 35.9 Å². The molecular weight excluding hydrogens is 262 g/mol. The Bertz CT molecular complexity index is 611. The third kappa shape index (κ3) is 3.26. The number of benzene rings is 2. The summed E-state index contributed by atoms with van der Waals surface area (Å²) in [5, 5.41) is 0.456. The van der Waals surface area contributed by atoms with Gasteiger partial charge in [-0.15, -0.1) is 0 Å². The third-order valence-electron chi connectivity index (χ3n) is 2.82. The molecule has 3 nitrogen and oxygen atoms in total. The topological polar surface area (TPSA) is 52.3 Å². The number of halogens is 1. The van der Waals surface area contributed by atoms with Crippen molar-refractivity contribution in [2.24, 2.45) is 0 Å². The van der Waals surface area contributed by atoms with E-state index in [2.05, 4.69) is 0 Å². The molecule has 0 aliphatic rings. The molecule has 2 aromatic rings. The van der Waals surface area contributed by atoms with Crippen molar-refractivity contribution < 1.29 is 9.53 Å². The second-order valence-corrected chi connectivity index (χ2v) is 4.59. The molecule has 0 saturated carbocycles. The molecule has 98 valence electrons. The molecule has 0 fully saturated rings. The van der Waals surface area contributed by atoms with Crippen LogP contribution in [0.3, 0.4) is 0 Å². The van der Waals surface area contributed by atoms with Gasteiger partial charge in [0.2, 0.25) is 0 Å². The maximum atomic E-state index is 12.1. The van der Waals surface area contributed by atoms with Crippen LogP contribution in [0.25, 0.3) is 0 Å². The van der Waals surface area contributed by atoms with Crippen molar-refractivity contribution >= 4 is 23.1 Å². The standard InChI is InChI=1S/C15H14ClNO2/c1-19-12-4-2-3-10(7-12)8-15(18)11-5-6-13(16)14(17)9-11/h2-7,9H,8,17H2,1H3. The maximum Gasteiger partial charge on any atom is 0.167 e. The summed E-state index contributed by atoms with van der Waals surface area (Å²) < 4.78 is 5.13. The molecule has 19 heavy (non-hydrogen) atoms. The molecule has 0 aromatic heterocycles.